The zero-order valence-corrected chi connectivity index (χ0v) is 11.9. The second kappa shape index (κ2) is 6.55. The van der Waals surface area contributed by atoms with Crippen LogP contribution in [0, 0.1) is 29.2 Å². The van der Waals surface area contributed by atoms with Gasteiger partial charge < -0.3 is 9.64 Å². The molecule has 0 fully saturated rings. The number of hydrogen-bond acceptors (Lipinski definition) is 6. The van der Waals surface area contributed by atoms with Gasteiger partial charge in [0, 0.05) is 6.20 Å². The number of Topliss-reactive ketones (excluding diaryl/α,β-unsaturated/α-hetero) is 2. The van der Waals surface area contributed by atoms with E-state index in [0.717, 1.165) is 0 Å². The Balaban J connectivity index is 2.56. The number of hydrogen-bond donors (Lipinski definition) is 0. The summed E-state index contributed by atoms with van der Waals surface area (Å²) in [5.74, 6) is -1.63. The van der Waals surface area contributed by atoms with E-state index in [2.05, 4.69) is 0 Å². The van der Waals surface area contributed by atoms with Crippen LogP contribution in [0.2, 0.25) is 0 Å². The van der Waals surface area contributed by atoms with E-state index in [1.807, 2.05) is 6.92 Å². The standard InChI is InChI=1S/C16H12N3O3/c1-2-8-22-16-13(19-6-4-3-5-7-19)14(20)11(9-17)12(10-18)15(16)21/h3-7H,2,8H2,1H3. The minimum absolute atomic E-state index is 0.0467. The molecule has 0 spiro atoms. The highest BCUT2D eigenvalue weighted by molar-refractivity contribution is 6.27. The van der Waals surface area contributed by atoms with Crippen LogP contribution >= 0.6 is 0 Å². The predicted octanol–water partition coefficient (Wildman–Crippen LogP) is 1.67. The number of carbonyl (C=O) groups is 2. The zero-order chi connectivity index (χ0) is 16.1. The second-order valence-corrected chi connectivity index (χ2v) is 4.44. The van der Waals surface area contributed by atoms with Crippen molar-refractivity contribution >= 4 is 11.6 Å². The summed E-state index contributed by atoms with van der Waals surface area (Å²) >= 11 is 0. The Morgan fingerprint density at radius 2 is 1.77 bits per heavy atom. The molecule has 1 aliphatic heterocycles. The zero-order valence-electron chi connectivity index (χ0n) is 11.9. The summed E-state index contributed by atoms with van der Waals surface area (Å²) in [6, 6.07) is 3.27. The second-order valence-electron chi connectivity index (χ2n) is 4.44. The van der Waals surface area contributed by atoms with Gasteiger partial charge in [0.2, 0.25) is 11.6 Å². The van der Waals surface area contributed by atoms with Crippen molar-refractivity contribution in [3.63, 3.8) is 0 Å². The van der Waals surface area contributed by atoms with Crippen molar-refractivity contribution in [2.24, 2.45) is 0 Å². The van der Waals surface area contributed by atoms with E-state index in [9.17, 15) is 9.59 Å². The van der Waals surface area contributed by atoms with Gasteiger partial charge >= 0.3 is 0 Å². The van der Waals surface area contributed by atoms with Gasteiger partial charge in [-0.15, -0.1) is 0 Å². The molecule has 0 aromatic heterocycles. The van der Waals surface area contributed by atoms with Crippen LogP contribution in [0.1, 0.15) is 13.3 Å². The summed E-state index contributed by atoms with van der Waals surface area (Å²) < 4.78 is 5.40. The summed E-state index contributed by atoms with van der Waals surface area (Å²) in [6.07, 6.45) is 7.31. The van der Waals surface area contributed by atoms with Gasteiger partial charge in [0.25, 0.3) is 0 Å². The van der Waals surface area contributed by atoms with E-state index >= 15 is 0 Å². The number of ketones is 2. The van der Waals surface area contributed by atoms with E-state index in [0.29, 0.717) is 6.42 Å². The fraction of sp³-hybridized carbons (Fsp3) is 0.188. The summed E-state index contributed by atoms with van der Waals surface area (Å²) in [4.78, 5) is 26.3. The van der Waals surface area contributed by atoms with E-state index in [1.54, 1.807) is 43.1 Å². The van der Waals surface area contributed by atoms with Crippen molar-refractivity contribution in [3.05, 3.63) is 53.6 Å². The molecule has 0 N–H and O–H groups in total. The van der Waals surface area contributed by atoms with E-state index in [1.165, 1.54) is 4.90 Å². The van der Waals surface area contributed by atoms with Gasteiger partial charge in [0.1, 0.15) is 29.0 Å². The number of nitriles is 2. The highest BCUT2D eigenvalue weighted by atomic mass is 16.5. The van der Waals surface area contributed by atoms with E-state index < -0.39 is 22.7 Å². The molecule has 2 aliphatic rings. The smallest absolute Gasteiger partial charge is 0.241 e. The van der Waals surface area contributed by atoms with Crippen LogP contribution in [0.4, 0.5) is 0 Å². The van der Waals surface area contributed by atoms with Crippen molar-refractivity contribution in [1.82, 2.24) is 4.90 Å². The quantitative estimate of drug-likeness (QED) is 0.732. The Kier molecular flexibility index (Phi) is 4.55. The van der Waals surface area contributed by atoms with Gasteiger partial charge in [-0.3, -0.25) is 9.59 Å². The van der Waals surface area contributed by atoms with Crippen molar-refractivity contribution in [2.45, 2.75) is 13.3 Å². The molecule has 0 unspecified atom stereocenters. The summed E-state index contributed by atoms with van der Waals surface area (Å²) in [6.45, 7) is 3.65. The maximum Gasteiger partial charge on any atom is 0.241 e. The minimum atomic E-state index is -0.738. The van der Waals surface area contributed by atoms with Crippen LogP contribution in [0.5, 0.6) is 0 Å². The third kappa shape index (κ3) is 2.55. The van der Waals surface area contributed by atoms with Gasteiger partial charge in [0.15, 0.2) is 5.76 Å². The molecule has 0 aromatic rings. The average Bonchev–Trinajstić information content (AvgIpc) is 2.55. The number of rotatable bonds is 4. The Morgan fingerprint density at radius 3 is 2.32 bits per heavy atom. The fourth-order valence-corrected chi connectivity index (χ4v) is 2.00. The van der Waals surface area contributed by atoms with Gasteiger partial charge in [-0.2, -0.15) is 10.5 Å². The van der Waals surface area contributed by atoms with Crippen LogP contribution in [-0.4, -0.2) is 23.1 Å². The summed E-state index contributed by atoms with van der Waals surface area (Å²) in [7, 11) is 0. The highest BCUT2D eigenvalue weighted by Crippen LogP contribution is 2.29. The monoisotopic (exact) mass is 294 g/mol. The van der Waals surface area contributed by atoms with Crippen molar-refractivity contribution in [3.8, 4) is 12.1 Å². The van der Waals surface area contributed by atoms with Crippen LogP contribution in [0.25, 0.3) is 0 Å². The number of allylic oxidation sites excluding steroid dienone is 4. The van der Waals surface area contributed by atoms with Gasteiger partial charge in [0.05, 0.1) is 13.2 Å². The molecule has 6 nitrogen and oxygen atoms in total. The average molecular weight is 294 g/mol. The van der Waals surface area contributed by atoms with Crippen LogP contribution in [0.15, 0.2) is 47.0 Å². The lowest BCUT2D eigenvalue weighted by molar-refractivity contribution is -0.119. The first-order chi connectivity index (χ1) is 10.7. The number of ether oxygens (including phenoxy) is 1. The Bertz CT molecular complexity index is 727. The van der Waals surface area contributed by atoms with Crippen molar-refractivity contribution in [1.29, 1.82) is 10.5 Å². The molecular formula is C16H12N3O3. The summed E-state index contributed by atoms with van der Waals surface area (Å²) in [5.41, 5.74) is -0.976. The molecule has 109 valence electrons. The van der Waals surface area contributed by atoms with Gasteiger partial charge in [-0.25, -0.2) is 0 Å². The molecule has 0 amide bonds. The first-order valence-electron chi connectivity index (χ1n) is 6.63. The maximum atomic E-state index is 12.5. The topological polar surface area (TPSA) is 94.2 Å². The van der Waals surface area contributed by atoms with Gasteiger partial charge in [-0.05, 0) is 12.5 Å². The fourth-order valence-electron chi connectivity index (χ4n) is 2.00. The van der Waals surface area contributed by atoms with E-state index in [-0.39, 0.29) is 18.1 Å². The Morgan fingerprint density at radius 1 is 1.09 bits per heavy atom. The maximum absolute atomic E-state index is 12.5. The summed E-state index contributed by atoms with van der Waals surface area (Å²) in [5, 5.41) is 18.2. The Hall–Kier alpha value is -3.12. The normalized spacial score (nSPS) is 17.7. The van der Waals surface area contributed by atoms with Crippen molar-refractivity contribution < 1.29 is 14.3 Å². The third-order valence-corrected chi connectivity index (χ3v) is 2.99. The number of nitrogens with zero attached hydrogens (tertiary/aromatic N) is 3. The predicted molar refractivity (Wildman–Crippen MR) is 76.0 cm³/mol. The lowest BCUT2D eigenvalue weighted by atomic mass is 9.92. The van der Waals surface area contributed by atoms with Crippen molar-refractivity contribution in [2.75, 3.05) is 6.61 Å². The van der Waals surface area contributed by atoms with E-state index in [4.69, 9.17) is 15.3 Å². The first kappa shape index (κ1) is 15.3. The minimum Gasteiger partial charge on any atom is -0.487 e. The molecule has 1 aliphatic carbocycles. The molecule has 1 heterocycles. The molecule has 0 bridgehead atoms. The molecule has 0 saturated heterocycles. The van der Waals surface area contributed by atoms with Crippen LogP contribution in [-0.2, 0) is 14.3 Å². The van der Waals surface area contributed by atoms with Crippen LogP contribution < -0.4 is 0 Å². The largest absolute Gasteiger partial charge is 0.487 e. The molecule has 6 heteroatoms. The third-order valence-electron chi connectivity index (χ3n) is 2.99. The molecule has 0 aromatic carbocycles. The Labute approximate surface area is 127 Å². The lowest BCUT2D eigenvalue weighted by Gasteiger charge is -2.27. The molecule has 1 radical (unpaired) electrons. The molecule has 2 rings (SSSR count). The molecular weight excluding hydrogens is 282 g/mol. The van der Waals surface area contributed by atoms with Gasteiger partial charge in [-0.1, -0.05) is 19.1 Å². The number of carbonyl (C=O) groups excluding carboxylic acids is 2. The lowest BCUT2D eigenvalue weighted by Crippen LogP contribution is -2.32. The van der Waals surface area contributed by atoms with Crippen LogP contribution in [0.3, 0.4) is 0 Å². The highest BCUT2D eigenvalue weighted by Gasteiger charge is 2.38. The molecule has 22 heavy (non-hydrogen) atoms. The molecule has 0 atom stereocenters. The first-order valence-corrected chi connectivity index (χ1v) is 6.63. The molecule has 0 saturated carbocycles. The SMILES string of the molecule is CCCOC1=C(N2[CH]C=CC=C2)C(=O)C(C#N)=C(C#N)C1=O.